The Balaban J connectivity index is 1.57. The first-order valence-electron chi connectivity index (χ1n) is 8.23. The number of hydroxylamine groups is 2. The predicted molar refractivity (Wildman–Crippen MR) is 92.6 cm³/mol. The van der Waals surface area contributed by atoms with Crippen LogP contribution in [0.4, 0.5) is 10.6 Å². The first-order valence-corrected chi connectivity index (χ1v) is 9.60. The van der Waals surface area contributed by atoms with Crippen LogP contribution in [0.3, 0.4) is 0 Å². The second-order valence-electron chi connectivity index (χ2n) is 6.31. The molecule has 0 saturated carbocycles. The molecule has 2 bridgehead atoms. The van der Waals surface area contributed by atoms with E-state index < -0.39 is 52.6 Å². The molecule has 0 aliphatic carbocycles. The van der Waals surface area contributed by atoms with E-state index in [1.807, 2.05) is 0 Å². The molecule has 2 aliphatic rings. The third kappa shape index (κ3) is 4.61. The van der Waals surface area contributed by atoms with Crippen LogP contribution in [0.15, 0.2) is 17.1 Å². The van der Waals surface area contributed by atoms with Gasteiger partial charge in [0.05, 0.1) is 6.04 Å². The van der Waals surface area contributed by atoms with Gasteiger partial charge in [0.25, 0.3) is 11.8 Å². The van der Waals surface area contributed by atoms with Crippen molar-refractivity contribution in [3.05, 3.63) is 22.7 Å². The summed E-state index contributed by atoms with van der Waals surface area (Å²) in [6.45, 7) is -0.426. The first kappa shape index (κ1) is 20.5. The number of amides is 4. The molecule has 29 heavy (non-hydrogen) atoms. The van der Waals surface area contributed by atoms with E-state index >= 15 is 0 Å². The number of carbonyl (C=O) groups is 3. The lowest BCUT2D eigenvalue weighted by Crippen LogP contribution is -2.54. The number of piperidine rings is 1. The number of urea groups is 1. The minimum Gasteiger partial charge on any atom is -0.383 e. The molecule has 0 spiro atoms. The highest BCUT2D eigenvalue weighted by Crippen LogP contribution is 2.30. The molecule has 0 unspecified atom stereocenters. The molecule has 5 N–H and O–H groups in total. The quantitative estimate of drug-likeness (QED) is 0.274. The van der Waals surface area contributed by atoms with Crippen LogP contribution in [0, 0.1) is 0 Å². The zero-order valence-electron chi connectivity index (χ0n) is 14.7. The molecule has 1 aromatic rings. The Kier molecular flexibility index (Phi) is 5.40. The smallest absolute Gasteiger partial charge is 0.383 e. The van der Waals surface area contributed by atoms with Gasteiger partial charge in [0, 0.05) is 12.7 Å². The monoisotopic (exact) mass is 431 g/mol. The normalized spacial score (nSPS) is 21.2. The molecule has 0 aromatic carbocycles. The third-order valence-electron chi connectivity index (χ3n) is 4.33. The van der Waals surface area contributed by atoms with Gasteiger partial charge in [-0.3, -0.25) is 29.6 Å². The number of nitrogen functional groups attached to an aromatic ring is 1. The topological polar surface area (TPSA) is 206 Å². The maximum atomic E-state index is 12.3. The summed E-state index contributed by atoms with van der Waals surface area (Å²) in [7, 11) is -4.89. The van der Waals surface area contributed by atoms with Crippen molar-refractivity contribution in [3.63, 3.8) is 0 Å². The highest BCUT2D eigenvalue weighted by molar-refractivity contribution is 7.80. The first-order chi connectivity index (χ1) is 13.5. The van der Waals surface area contributed by atoms with E-state index in [-0.39, 0.29) is 25.2 Å². The van der Waals surface area contributed by atoms with Crippen molar-refractivity contribution in [1.29, 1.82) is 0 Å². The molecule has 1 aromatic heterocycles. The van der Waals surface area contributed by atoms with Crippen LogP contribution in [0.2, 0.25) is 0 Å². The zero-order chi connectivity index (χ0) is 21.3. The number of rotatable bonds is 5. The van der Waals surface area contributed by atoms with Gasteiger partial charge < -0.3 is 10.6 Å². The molecule has 0 radical (unpaired) electrons. The molecule has 3 heterocycles. The van der Waals surface area contributed by atoms with Crippen LogP contribution in [-0.2, 0) is 30.8 Å². The molecule has 2 atom stereocenters. The summed E-state index contributed by atoms with van der Waals surface area (Å²) < 4.78 is 35.7. The van der Waals surface area contributed by atoms with Crippen molar-refractivity contribution < 1.29 is 31.6 Å². The van der Waals surface area contributed by atoms with Crippen LogP contribution in [0.1, 0.15) is 12.8 Å². The van der Waals surface area contributed by atoms with E-state index in [4.69, 9.17) is 10.3 Å². The Labute approximate surface area is 163 Å². The number of hydrazine groups is 1. The molecule has 2 fully saturated rings. The Morgan fingerprint density at radius 1 is 1.31 bits per heavy atom. The molecular formula is C13H17N7O8S. The Morgan fingerprint density at radius 2 is 2.03 bits per heavy atom. The minimum atomic E-state index is -4.89. The number of hydrogen-bond acceptors (Lipinski definition) is 9. The number of nitrogens with two attached hydrogens (primary N) is 1. The van der Waals surface area contributed by atoms with E-state index in [9.17, 15) is 27.6 Å². The summed E-state index contributed by atoms with van der Waals surface area (Å²) in [5, 5.41) is 0.502. The van der Waals surface area contributed by atoms with Crippen molar-refractivity contribution in [1.82, 2.24) is 30.4 Å². The van der Waals surface area contributed by atoms with Crippen molar-refractivity contribution in [2.75, 3.05) is 12.3 Å². The average molecular weight is 431 g/mol. The summed E-state index contributed by atoms with van der Waals surface area (Å²) in [6, 6.07) is -1.22. The van der Waals surface area contributed by atoms with Crippen molar-refractivity contribution >= 4 is 34.1 Å². The highest BCUT2D eigenvalue weighted by atomic mass is 32.3. The van der Waals surface area contributed by atoms with E-state index in [1.165, 1.54) is 12.3 Å². The van der Waals surface area contributed by atoms with E-state index in [1.54, 1.807) is 0 Å². The molecule has 2 saturated heterocycles. The fourth-order valence-corrected chi connectivity index (χ4v) is 3.46. The number of fused-ring (bicyclic) bond motifs is 2. The summed E-state index contributed by atoms with van der Waals surface area (Å²) >= 11 is 0. The standard InChI is InChI=1S/C13H17N7O8S/c14-9-3-4-18(12(23)15-9)6-10(21)16-17-11(22)8-2-1-7-5-19(8)13(24)20(7)28-29(25,26)27/h3-4,7-8H,1-2,5-6H2,(H,16,21)(H,17,22)(H2,14,15,23)(H,25,26,27)/t7-,8+/m1/s1. The molecule has 2 aliphatic heterocycles. The van der Waals surface area contributed by atoms with Crippen LogP contribution >= 0.6 is 0 Å². The van der Waals surface area contributed by atoms with Crippen LogP contribution in [0.5, 0.6) is 0 Å². The van der Waals surface area contributed by atoms with Crippen molar-refractivity contribution in [3.8, 4) is 0 Å². The number of nitrogens with zero attached hydrogens (tertiary/aromatic N) is 4. The summed E-state index contributed by atoms with van der Waals surface area (Å²) in [5.41, 5.74) is 8.87. The SMILES string of the molecule is Nc1ccn(CC(=O)NNC(=O)[C@@H]2CC[C@@H]3CN2C(=O)N3OS(=O)(=O)O)c(=O)n1. The van der Waals surface area contributed by atoms with Gasteiger partial charge in [0.2, 0.25) is 0 Å². The highest BCUT2D eigenvalue weighted by Gasteiger charge is 2.49. The van der Waals surface area contributed by atoms with Gasteiger partial charge in [-0.15, -0.1) is 4.28 Å². The van der Waals surface area contributed by atoms with Crippen molar-refractivity contribution in [2.24, 2.45) is 0 Å². The van der Waals surface area contributed by atoms with E-state index in [2.05, 4.69) is 20.1 Å². The second-order valence-corrected chi connectivity index (χ2v) is 7.31. The lowest BCUT2D eigenvalue weighted by molar-refractivity contribution is -0.132. The van der Waals surface area contributed by atoms with Gasteiger partial charge in [0.15, 0.2) is 0 Å². The predicted octanol–water partition coefficient (Wildman–Crippen LogP) is -3.02. The minimum absolute atomic E-state index is 0.00198. The maximum absolute atomic E-state index is 12.3. The molecular weight excluding hydrogens is 414 g/mol. The van der Waals surface area contributed by atoms with Gasteiger partial charge in [0.1, 0.15) is 18.4 Å². The average Bonchev–Trinajstić information content (AvgIpc) is 2.86. The van der Waals surface area contributed by atoms with Crippen molar-refractivity contribution in [2.45, 2.75) is 31.5 Å². The van der Waals surface area contributed by atoms with Crippen LogP contribution < -0.4 is 22.3 Å². The number of anilines is 1. The lowest BCUT2D eigenvalue weighted by atomic mass is 10.0. The van der Waals surface area contributed by atoms with Gasteiger partial charge >= 0.3 is 22.1 Å². The maximum Gasteiger partial charge on any atom is 0.418 e. The van der Waals surface area contributed by atoms with Crippen LogP contribution in [-0.4, -0.2) is 69.0 Å². The van der Waals surface area contributed by atoms with E-state index in [0.717, 1.165) is 9.47 Å². The zero-order valence-corrected chi connectivity index (χ0v) is 15.5. The fraction of sp³-hybridized carbons (Fsp3) is 0.462. The molecule has 15 nitrogen and oxygen atoms in total. The lowest BCUT2D eigenvalue weighted by Gasteiger charge is -2.29. The summed E-state index contributed by atoms with van der Waals surface area (Å²) in [4.78, 5) is 52.6. The van der Waals surface area contributed by atoms with Gasteiger partial charge in [-0.25, -0.2) is 9.59 Å². The number of nitrogens with one attached hydrogen (secondary N) is 2. The number of hydrogen-bond donors (Lipinski definition) is 4. The number of aromatic nitrogens is 2. The summed E-state index contributed by atoms with van der Waals surface area (Å²) in [6.07, 6.45) is 1.67. The van der Waals surface area contributed by atoms with Crippen LogP contribution in [0.25, 0.3) is 0 Å². The third-order valence-corrected chi connectivity index (χ3v) is 4.68. The van der Waals surface area contributed by atoms with Gasteiger partial charge in [-0.05, 0) is 18.9 Å². The molecule has 4 amide bonds. The van der Waals surface area contributed by atoms with E-state index in [0.29, 0.717) is 5.06 Å². The molecule has 3 rings (SSSR count). The fourth-order valence-electron chi connectivity index (χ4n) is 3.08. The largest absolute Gasteiger partial charge is 0.418 e. The number of carbonyl (C=O) groups excluding carboxylic acids is 3. The van der Waals surface area contributed by atoms with Gasteiger partial charge in [-0.1, -0.05) is 0 Å². The molecule has 16 heteroatoms. The summed E-state index contributed by atoms with van der Waals surface area (Å²) in [5.74, 6) is -1.45. The Bertz CT molecular complexity index is 1010. The Hall–Kier alpha value is -3.24. The second kappa shape index (κ2) is 7.64. The molecule has 158 valence electrons. The Morgan fingerprint density at radius 3 is 2.69 bits per heavy atom. The van der Waals surface area contributed by atoms with Gasteiger partial charge in [-0.2, -0.15) is 18.5 Å².